The van der Waals surface area contributed by atoms with Crippen LogP contribution >= 0.6 is 0 Å². The fourth-order valence-electron chi connectivity index (χ4n) is 1.43. The van der Waals surface area contributed by atoms with Crippen molar-refractivity contribution in [1.29, 1.82) is 0 Å². The van der Waals surface area contributed by atoms with E-state index < -0.39 is 0 Å². The van der Waals surface area contributed by atoms with E-state index in [0.29, 0.717) is 5.69 Å². The van der Waals surface area contributed by atoms with E-state index in [-0.39, 0.29) is 30.3 Å². The zero-order valence-electron chi connectivity index (χ0n) is 12.5. The predicted octanol–water partition coefficient (Wildman–Crippen LogP) is 2.22. The molecule has 0 radical (unpaired) electrons. The maximum Gasteiger partial charge on any atom is 0.238 e. The second-order valence-electron chi connectivity index (χ2n) is 5.31. The van der Waals surface area contributed by atoms with Crippen molar-refractivity contribution in [2.75, 3.05) is 17.2 Å². The van der Waals surface area contributed by atoms with E-state index in [1.54, 1.807) is 24.3 Å². The molecule has 5 heteroatoms. The van der Waals surface area contributed by atoms with Crippen LogP contribution < -0.4 is 16.0 Å². The number of benzene rings is 1. The third-order valence-electron chi connectivity index (χ3n) is 2.63. The molecule has 20 heavy (non-hydrogen) atoms. The molecule has 0 aliphatic carbocycles. The molecule has 0 unspecified atom stereocenters. The highest BCUT2D eigenvalue weighted by Crippen LogP contribution is 2.14. The van der Waals surface area contributed by atoms with Crippen LogP contribution in [0.25, 0.3) is 0 Å². The van der Waals surface area contributed by atoms with Gasteiger partial charge in [-0.3, -0.25) is 9.59 Å². The molecule has 0 fully saturated rings. The van der Waals surface area contributed by atoms with Crippen molar-refractivity contribution in [3.8, 4) is 0 Å². The van der Waals surface area contributed by atoms with Gasteiger partial charge in [0.05, 0.1) is 6.54 Å². The van der Waals surface area contributed by atoms with Crippen LogP contribution in [0.1, 0.15) is 27.7 Å². The predicted molar refractivity (Wildman–Crippen MR) is 81.7 cm³/mol. The minimum Gasteiger partial charge on any atom is -0.326 e. The van der Waals surface area contributed by atoms with Gasteiger partial charge in [0.1, 0.15) is 0 Å². The van der Waals surface area contributed by atoms with Gasteiger partial charge in [0.15, 0.2) is 0 Å². The largest absolute Gasteiger partial charge is 0.326 e. The highest BCUT2D eigenvalue weighted by Gasteiger charge is 2.07. The Morgan fingerprint density at radius 2 is 1.45 bits per heavy atom. The highest BCUT2D eigenvalue weighted by molar-refractivity contribution is 5.94. The van der Waals surface area contributed by atoms with E-state index in [1.165, 1.54) is 0 Å². The first-order valence-corrected chi connectivity index (χ1v) is 6.82. The minimum absolute atomic E-state index is 0.0251. The molecule has 0 heterocycles. The summed E-state index contributed by atoms with van der Waals surface area (Å²) >= 11 is 0. The lowest BCUT2D eigenvalue weighted by Crippen LogP contribution is -2.32. The standard InChI is InChI=1S/C15H23N3O2/c1-10(2)15(20)18-13-7-5-12(6-8-13)17-14(19)9-16-11(3)4/h5-8,10-11,16H,9H2,1-4H3,(H,17,19)(H,18,20). The van der Waals surface area contributed by atoms with Gasteiger partial charge in [0.2, 0.25) is 11.8 Å². The molecule has 1 aromatic carbocycles. The lowest BCUT2D eigenvalue weighted by molar-refractivity contribution is -0.119. The van der Waals surface area contributed by atoms with Crippen LogP contribution in [0.4, 0.5) is 11.4 Å². The van der Waals surface area contributed by atoms with E-state index in [0.717, 1.165) is 5.69 Å². The Labute approximate surface area is 120 Å². The molecule has 0 aromatic heterocycles. The summed E-state index contributed by atoms with van der Waals surface area (Å²) in [5, 5.41) is 8.63. The number of anilines is 2. The molecular weight excluding hydrogens is 254 g/mol. The van der Waals surface area contributed by atoms with Crippen LogP contribution in [0.15, 0.2) is 24.3 Å². The smallest absolute Gasteiger partial charge is 0.238 e. The van der Waals surface area contributed by atoms with E-state index in [1.807, 2.05) is 27.7 Å². The second-order valence-corrected chi connectivity index (χ2v) is 5.31. The molecule has 110 valence electrons. The van der Waals surface area contributed by atoms with E-state index in [2.05, 4.69) is 16.0 Å². The summed E-state index contributed by atoms with van der Waals surface area (Å²) in [5.74, 6) is -0.169. The van der Waals surface area contributed by atoms with Gasteiger partial charge in [-0.25, -0.2) is 0 Å². The molecule has 1 aromatic rings. The summed E-state index contributed by atoms with van der Waals surface area (Å²) in [5.41, 5.74) is 1.44. The first-order chi connectivity index (χ1) is 9.38. The SMILES string of the molecule is CC(C)NCC(=O)Nc1ccc(NC(=O)C(C)C)cc1. The Morgan fingerprint density at radius 1 is 0.950 bits per heavy atom. The lowest BCUT2D eigenvalue weighted by atomic mass is 10.2. The summed E-state index contributed by atoms with van der Waals surface area (Å²) in [7, 11) is 0. The van der Waals surface area contributed by atoms with Crippen LogP contribution in [0.2, 0.25) is 0 Å². The molecule has 2 amide bonds. The Kier molecular flexibility index (Phi) is 6.18. The third-order valence-corrected chi connectivity index (χ3v) is 2.63. The number of amides is 2. The summed E-state index contributed by atoms with van der Waals surface area (Å²) in [6.07, 6.45) is 0. The van der Waals surface area contributed by atoms with Crippen LogP contribution in [-0.4, -0.2) is 24.4 Å². The Bertz CT molecular complexity index is 453. The van der Waals surface area contributed by atoms with Crippen LogP contribution in [-0.2, 0) is 9.59 Å². The summed E-state index contributed by atoms with van der Waals surface area (Å²) in [6, 6.07) is 7.35. The molecule has 0 saturated heterocycles. The lowest BCUT2D eigenvalue weighted by Gasteiger charge is -2.10. The topological polar surface area (TPSA) is 70.2 Å². The quantitative estimate of drug-likeness (QED) is 0.746. The molecule has 1 rings (SSSR count). The molecule has 0 aliphatic rings. The molecule has 0 spiro atoms. The number of nitrogens with one attached hydrogen (secondary N) is 3. The van der Waals surface area contributed by atoms with Crippen molar-refractivity contribution < 1.29 is 9.59 Å². The Hall–Kier alpha value is -1.88. The number of carbonyl (C=O) groups excluding carboxylic acids is 2. The third kappa shape index (κ3) is 5.84. The second kappa shape index (κ2) is 7.65. The molecule has 0 saturated carbocycles. The number of rotatable bonds is 6. The molecular formula is C15H23N3O2. The molecule has 0 bridgehead atoms. The Balaban J connectivity index is 2.50. The van der Waals surface area contributed by atoms with Gasteiger partial charge in [-0.05, 0) is 24.3 Å². The highest BCUT2D eigenvalue weighted by atomic mass is 16.2. The van der Waals surface area contributed by atoms with Crippen LogP contribution in [0, 0.1) is 5.92 Å². The minimum atomic E-state index is -0.0855. The Morgan fingerprint density at radius 3 is 1.90 bits per heavy atom. The maximum atomic E-state index is 11.6. The van der Waals surface area contributed by atoms with E-state index >= 15 is 0 Å². The first kappa shape index (κ1) is 16.2. The zero-order valence-corrected chi connectivity index (χ0v) is 12.5. The summed E-state index contributed by atoms with van der Waals surface area (Å²) in [6.45, 7) is 7.93. The normalized spacial score (nSPS) is 10.7. The summed E-state index contributed by atoms with van der Waals surface area (Å²) in [4.78, 5) is 23.2. The summed E-state index contributed by atoms with van der Waals surface area (Å²) < 4.78 is 0. The van der Waals surface area contributed by atoms with Crippen molar-refractivity contribution in [1.82, 2.24) is 5.32 Å². The van der Waals surface area contributed by atoms with Gasteiger partial charge in [-0.15, -0.1) is 0 Å². The van der Waals surface area contributed by atoms with Crippen LogP contribution in [0.5, 0.6) is 0 Å². The van der Waals surface area contributed by atoms with Gasteiger partial charge >= 0.3 is 0 Å². The van der Waals surface area contributed by atoms with E-state index in [9.17, 15) is 9.59 Å². The fraction of sp³-hybridized carbons (Fsp3) is 0.467. The van der Waals surface area contributed by atoms with Crippen molar-refractivity contribution in [3.63, 3.8) is 0 Å². The number of hydrogen-bond donors (Lipinski definition) is 3. The van der Waals surface area contributed by atoms with Gasteiger partial charge in [-0.2, -0.15) is 0 Å². The monoisotopic (exact) mass is 277 g/mol. The fourth-order valence-corrected chi connectivity index (χ4v) is 1.43. The molecule has 0 aliphatic heterocycles. The van der Waals surface area contributed by atoms with Gasteiger partial charge in [0.25, 0.3) is 0 Å². The average Bonchev–Trinajstić information content (AvgIpc) is 2.38. The van der Waals surface area contributed by atoms with Gasteiger partial charge < -0.3 is 16.0 Å². The number of carbonyl (C=O) groups is 2. The van der Waals surface area contributed by atoms with E-state index in [4.69, 9.17) is 0 Å². The molecule has 5 nitrogen and oxygen atoms in total. The molecule has 0 atom stereocenters. The maximum absolute atomic E-state index is 11.6. The van der Waals surface area contributed by atoms with Crippen molar-refractivity contribution in [3.05, 3.63) is 24.3 Å². The van der Waals surface area contributed by atoms with Crippen molar-refractivity contribution >= 4 is 23.2 Å². The number of hydrogen-bond acceptors (Lipinski definition) is 3. The zero-order chi connectivity index (χ0) is 15.1. The first-order valence-electron chi connectivity index (χ1n) is 6.82. The van der Waals surface area contributed by atoms with Crippen molar-refractivity contribution in [2.24, 2.45) is 5.92 Å². The molecule has 3 N–H and O–H groups in total. The van der Waals surface area contributed by atoms with Gasteiger partial charge in [-0.1, -0.05) is 27.7 Å². The van der Waals surface area contributed by atoms with Gasteiger partial charge in [0, 0.05) is 23.3 Å². The van der Waals surface area contributed by atoms with Crippen LogP contribution in [0.3, 0.4) is 0 Å². The average molecular weight is 277 g/mol. The van der Waals surface area contributed by atoms with Crippen molar-refractivity contribution in [2.45, 2.75) is 33.7 Å².